The standard InChI is InChI=1S/C14H10FNO3/c15-12-3-1-2-10(8-12)9-14(17)11-4-6-13(7-5-11)16(18)19/h1-8H,9H2. The lowest BCUT2D eigenvalue weighted by molar-refractivity contribution is -0.384. The van der Waals surface area contributed by atoms with E-state index in [0.29, 0.717) is 11.1 Å². The first-order valence-corrected chi connectivity index (χ1v) is 5.58. The number of rotatable bonds is 4. The molecule has 4 nitrogen and oxygen atoms in total. The van der Waals surface area contributed by atoms with Gasteiger partial charge in [-0.2, -0.15) is 0 Å². The number of benzene rings is 2. The van der Waals surface area contributed by atoms with Crippen LogP contribution in [0.15, 0.2) is 48.5 Å². The molecule has 2 aromatic rings. The molecule has 0 aliphatic carbocycles. The van der Waals surface area contributed by atoms with Gasteiger partial charge in [0.05, 0.1) is 4.92 Å². The highest BCUT2D eigenvalue weighted by molar-refractivity contribution is 5.97. The molecule has 0 N–H and O–H groups in total. The summed E-state index contributed by atoms with van der Waals surface area (Å²) in [5.41, 5.74) is 0.875. The first kappa shape index (κ1) is 12.9. The van der Waals surface area contributed by atoms with E-state index < -0.39 is 10.7 Å². The minimum Gasteiger partial charge on any atom is -0.294 e. The molecule has 0 bridgehead atoms. The molecule has 2 aromatic carbocycles. The third-order valence-corrected chi connectivity index (χ3v) is 2.65. The molecule has 0 spiro atoms. The van der Waals surface area contributed by atoms with Crippen LogP contribution in [0.5, 0.6) is 0 Å². The van der Waals surface area contributed by atoms with E-state index in [4.69, 9.17) is 0 Å². The minimum absolute atomic E-state index is 0.0651. The van der Waals surface area contributed by atoms with E-state index in [2.05, 4.69) is 0 Å². The highest BCUT2D eigenvalue weighted by Gasteiger charge is 2.10. The summed E-state index contributed by atoms with van der Waals surface area (Å²) in [6.07, 6.45) is 0.0651. The Balaban J connectivity index is 2.14. The van der Waals surface area contributed by atoms with Gasteiger partial charge in [-0.1, -0.05) is 12.1 Å². The number of Topliss-reactive ketones (excluding diaryl/α,β-unsaturated/α-hetero) is 1. The minimum atomic E-state index is -0.527. The van der Waals surface area contributed by atoms with Gasteiger partial charge in [-0.3, -0.25) is 14.9 Å². The molecule has 0 amide bonds. The number of nitro groups is 1. The summed E-state index contributed by atoms with van der Waals surface area (Å²) in [5, 5.41) is 10.5. The lowest BCUT2D eigenvalue weighted by Crippen LogP contribution is -2.03. The molecule has 0 unspecified atom stereocenters. The summed E-state index contributed by atoms with van der Waals surface area (Å²) in [6.45, 7) is 0. The van der Waals surface area contributed by atoms with Crippen LogP contribution in [-0.2, 0) is 6.42 Å². The van der Waals surface area contributed by atoms with Gasteiger partial charge in [-0.25, -0.2) is 4.39 Å². The van der Waals surface area contributed by atoms with Crippen LogP contribution >= 0.6 is 0 Å². The maximum absolute atomic E-state index is 13.0. The van der Waals surface area contributed by atoms with Gasteiger partial charge < -0.3 is 0 Å². The molecule has 0 saturated carbocycles. The molecule has 0 saturated heterocycles. The topological polar surface area (TPSA) is 60.2 Å². The second-order valence-corrected chi connectivity index (χ2v) is 4.03. The fraction of sp³-hybridized carbons (Fsp3) is 0.0714. The lowest BCUT2D eigenvalue weighted by Gasteiger charge is -2.01. The zero-order valence-corrected chi connectivity index (χ0v) is 9.88. The molecular weight excluding hydrogens is 249 g/mol. The van der Waals surface area contributed by atoms with E-state index in [-0.39, 0.29) is 17.9 Å². The van der Waals surface area contributed by atoms with Crippen molar-refractivity contribution in [2.45, 2.75) is 6.42 Å². The fourth-order valence-electron chi connectivity index (χ4n) is 1.70. The van der Waals surface area contributed by atoms with E-state index in [1.54, 1.807) is 6.07 Å². The maximum atomic E-state index is 13.0. The van der Waals surface area contributed by atoms with Crippen LogP contribution in [0, 0.1) is 15.9 Å². The molecule has 0 aliphatic heterocycles. The van der Waals surface area contributed by atoms with E-state index in [1.165, 1.54) is 42.5 Å². The van der Waals surface area contributed by atoms with E-state index in [9.17, 15) is 19.3 Å². The predicted octanol–water partition coefficient (Wildman–Crippen LogP) is 3.16. The number of carbonyl (C=O) groups excluding carboxylic acids is 1. The molecule has 0 heterocycles. The highest BCUT2D eigenvalue weighted by Crippen LogP contribution is 2.14. The molecule has 0 fully saturated rings. The molecule has 0 aliphatic rings. The smallest absolute Gasteiger partial charge is 0.269 e. The van der Waals surface area contributed by atoms with Gasteiger partial charge in [0.1, 0.15) is 5.82 Å². The Morgan fingerprint density at radius 1 is 1.16 bits per heavy atom. The molecule has 0 atom stereocenters. The van der Waals surface area contributed by atoms with Gasteiger partial charge in [-0.15, -0.1) is 0 Å². The van der Waals surface area contributed by atoms with Crippen LogP contribution in [0.1, 0.15) is 15.9 Å². The Kier molecular flexibility index (Phi) is 3.66. The van der Waals surface area contributed by atoms with Gasteiger partial charge in [0.25, 0.3) is 5.69 Å². The highest BCUT2D eigenvalue weighted by atomic mass is 19.1. The van der Waals surface area contributed by atoms with E-state index in [1.807, 2.05) is 0 Å². The number of carbonyl (C=O) groups is 1. The van der Waals surface area contributed by atoms with Crippen molar-refractivity contribution in [1.29, 1.82) is 0 Å². The molecule has 0 aromatic heterocycles. The SMILES string of the molecule is O=C(Cc1cccc(F)c1)c1ccc([N+](=O)[O-])cc1. The Morgan fingerprint density at radius 2 is 1.84 bits per heavy atom. The van der Waals surface area contributed by atoms with Crippen molar-refractivity contribution >= 4 is 11.5 Å². The fourth-order valence-corrected chi connectivity index (χ4v) is 1.70. The predicted molar refractivity (Wildman–Crippen MR) is 67.5 cm³/mol. The molecule has 5 heteroatoms. The first-order chi connectivity index (χ1) is 9.06. The monoisotopic (exact) mass is 259 g/mol. The van der Waals surface area contributed by atoms with Crippen molar-refractivity contribution in [1.82, 2.24) is 0 Å². The number of hydrogen-bond donors (Lipinski definition) is 0. The summed E-state index contributed by atoms with van der Waals surface area (Å²) in [7, 11) is 0. The van der Waals surface area contributed by atoms with Crippen LogP contribution in [0.3, 0.4) is 0 Å². The van der Waals surface area contributed by atoms with Crippen molar-refractivity contribution in [2.24, 2.45) is 0 Å². The maximum Gasteiger partial charge on any atom is 0.269 e. The van der Waals surface area contributed by atoms with Gasteiger partial charge in [0, 0.05) is 24.1 Å². The number of hydrogen-bond acceptors (Lipinski definition) is 3. The van der Waals surface area contributed by atoms with Crippen LogP contribution in [0.2, 0.25) is 0 Å². The Hall–Kier alpha value is -2.56. The summed E-state index contributed by atoms with van der Waals surface area (Å²) in [6, 6.07) is 11.2. The van der Waals surface area contributed by atoms with Gasteiger partial charge in [-0.05, 0) is 29.8 Å². The zero-order chi connectivity index (χ0) is 13.8. The van der Waals surface area contributed by atoms with Crippen molar-refractivity contribution in [3.8, 4) is 0 Å². The Morgan fingerprint density at radius 3 is 2.42 bits per heavy atom. The quantitative estimate of drug-likeness (QED) is 0.481. The van der Waals surface area contributed by atoms with Crippen LogP contribution in [0.25, 0.3) is 0 Å². The zero-order valence-electron chi connectivity index (χ0n) is 9.88. The van der Waals surface area contributed by atoms with Crippen molar-refractivity contribution < 1.29 is 14.1 Å². The van der Waals surface area contributed by atoms with Crippen LogP contribution in [-0.4, -0.2) is 10.7 Å². The van der Waals surface area contributed by atoms with Gasteiger partial charge >= 0.3 is 0 Å². The number of non-ortho nitro benzene ring substituents is 1. The van der Waals surface area contributed by atoms with Crippen molar-refractivity contribution in [3.05, 3.63) is 75.6 Å². The number of nitro benzene ring substituents is 1. The molecule has 0 radical (unpaired) electrons. The largest absolute Gasteiger partial charge is 0.294 e. The average Bonchev–Trinajstić information content (AvgIpc) is 2.39. The summed E-state index contributed by atoms with van der Waals surface area (Å²) in [4.78, 5) is 21.9. The Bertz CT molecular complexity index is 623. The van der Waals surface area contributed by atoms with Crippen LogP contribution < -0.4 is 0 Å². The summed E-state index contributed by atoms with van der Waals surface area (Å²) >= 11 is 0. The van der Waals surface area contributed by atoms with Crippen molar-refractivity contribution in [2.75, 3.05) is 0 Å². The number of nitrogens with zero attached hydrogens (tertiary/aromatic N) is 1. The average molecular weight is 259 g/mol. The lowest BCUT2D eigenvalue weighted by atomic mass is 10.0. The second-order valence-electron chi connectivity index (χ2n) is 4.03. The molecule has 96 valence electrons. The number of ketones is 1. The normalized spacial score (nSPS) is 10.2. The van der Waals surface area contributed by atoms with Crippen LogP contribution in [0.4, 0.5) is 10.1 Å². The number of halogens is 1. The first-order valence-electron chi connectivity index (χ1n) is 5.58. The molecular formula is C14H10FNO3. The molecule has 2 rings (SSSR count). The summed E-state index contributed by atoms with van der Waals surface area (Å²) in [5.74, 6) is -0.602. The van der Waals surface area contributed by atoms with Crippen molar-refractivity contribution in [3.63, 3.8) is 0 Å². The van der Waals surface area contributed by atoms with E-state index in [0.717, 1.165) is 0 Å². The van der Waals surface area contributed by atoms with Gasteiger partial charge in [0.2, 0.25) is 0 Å². The third-order valence-electron chi connectivity index (χ3n) is 2.65. The second kappa shape index (κ2) is 5.39. The molecule has 19 heavy (non-hydrogen) atoms. The summed E-state index contributed by atoms with van der Waals surface area (Å²) < 4.78 is 13.0. The third kappa shape index (κ3) is 3.22. The Labute approximate surface area is 108 Å². The van der Waals surface area contributed by atoms with E-state index >= 15 is 0 Å². The van der Waals surface area contributed by atoms with Gasteiger partial charge in [0.15, 0.2) is 5.78 Å².